The number of hydrogen-bond acceptors (Lipinski definition) is 3. The number of para-hydroxylation sites is 1. The molecule has 2 aliphatic rings. The van der Waals surface area contributed by atoms with E-state index in [0.717, 1.165) is 36.4 Å². The van der Waals surface area contributed by atoms with E-state index < -0.39 is 0 Å². The van der Waals surface area contributed by atoms with Gasteiger partial charge in [-0.15, -0.1) is 12.4 Å². The maximum Gasteiger partial charge on any atom is 0.231 e. The number of carbonyl (C=O) groups is 1. The van der Waals surface area contributed by atoms with Gasteiger partial charge in [-0.05, 0) is 48.2 Å². The largest absolute Gasteiger partial charge is 0.492 e. The molecule has 0 radical (unpaired) electrons. The SMILES string of the molecule is Cl.O=C(Nc1ccc2c(c1)CCN2)C1COc2ccccc2C1. The molecular weight excluding hydrogens is 312 g/mol. The van der Waals surface area contributed by atoms with Crippen molar-refractivity contribution in [3.8, 4) is 5.75 Å². The summed E-state index contributed by atoms with van der Waals surface area (Å²) in [5.41, 5.74) is 4.41. The molecule has 0 fully saturated rings. The maximum atomic E-state index is 12.5. The van der Waals surface area contributed by atoms with Crippen molar-refractivity contribution in [1.82, 2.24) is 0 Å². The third-order valence-corrected chi connectivity index (χ3v) is 4.33. The molecule has 23 heavy (non-hydrogen) atoms. The summed E-state index contributed by atoms with van der Waals surface area (Å²) in [6, 6.07) is 14.0. The fourth-order valence-corrected chi connectivity index (χ4v) is 3.12. The topological polar surface area (TPSA) is 50.4 Å². The Morgan fingerprint density at radius 2 is 2.04 bits per heavy atom. The Labute approximate surface area is 141 Å². The Bertz CT molecular complexity index is 733. The van der Waals surface area contributed by atoms with Crippen LogP contribution in [0.25, 0.3) is 0 Å². The van der Waals surface area contributed by atoms with Crippen molar-refractivity contribution in [3.63, 3.8) is 0 Å². The number of halogens is 1. The number of rotatable bonds is 2. The van der Waals surface area contributed by atoms with Crippen LogP contribution in [0.4, 0.5) is 11.4 Å². The highest BCUT2D eigenvalue weighted by Crippen LogP contribution is 2.29. The van der Waals surface area contributed by atoms with E-state index in [1.165, 1.54) is 11.3 Å². The van der Waals surface area contributed by atoms with E-state index in [9.17, 15) is 4.79 Å². The lowest BCUT2D eigenvalue weighted by molar-refractivity contribution is -0.121. The van der Waals surface area contributed by atoms with E-state index in [2.05, 4.69) is 16.7 Å². The predicted octanol–water partition coefficient (Wildman–Crippen LogP) is 3.27. The minimum Gasteiger partial charge on any atom is -0.492 e. The van der Waals surface area contributed by atoms with Gasteiger partial charge in [-0.3, -0.25) is 4.79 Å². The van der Waals surface area contributed by atoms with Crippen molar-refractivity contribution in [1.29, 1.82) is 0 Å². The van der Waals surface area contributed by atoms with Gasteiger partial charge in [-0.1, -0.05) is 18.2 Å². The Morgan fingerprint density at radius 3 is 2.96 bits per heavy atom. The van der Waals surface area contributed by atoms with Gasteiger partial charge in [0.15, 0.2) is 0 Å². The number of carbonyl (C=O) groups excluding carboxylic acids is 1. The van der Waals surface area contributed by atoms with Crippen LogP contribution in [0.1, 0.15) is 11.1 Å². The number of anilines is 2. The lowest BCUT2D eigenvalue weighted by Crippen LogP contribution is -2.32. The first-order valence-corrected chi connectivity index (χ1v) is 7.68. The Kier molecular flexibility index (Phi) is 4.44. The Balaban J connectivity index is 0.00000156. The van der Waals surface area contributed by atoms with E-state index >= 15 is 0 Å². The lowest BCUT2D eigenvalue weighted by Gasteiger charge is -2.24. The molecule has 0 aliphatic carbocycles. The first kappa shape index (κ1) is 15.7. The first-order valence-electron chi connectivity index (χ1n) is 7.68. The van der Waals surface area contributed by atoms with Gasteiger partial charge in [0.25, 0.3) is 0 Å². The predicted molar refractivity (Wildman–Crippen MR) is 93.6 cm³/mol. The smallest absolute Gasteiger partial charge is 0.231 e. The first-order chi connectivity index (χ1) is 10.8. The third kappa shape index (κ3) is 3.13. The zero-order valence-corrected chi connectivity index (χ0v) is 13.5. The fourth-order valence-electron chi connectivity index (χ4n) is 3.12. The van der Waals surface area contributed by atoms with Crippen LogP contribution in [0.15, 0.2) is 42.5 Å². The van der Waals surface area contributed by atoms with Gasteiger partial charge < -0.3 is 15.4 Å². The monoisotopic (exact) mass is 330 g/mol. The molecule has 2 aliphatic heterocycles. The summed E-state index contributed by atoms with van der Waals surface area (Å²) in [4.78, 5) is 12.5. The van der Waals surface area contributed by atoms with Gasteiger partial charge in [-0.2, -0.15) is 0 Å². The molecule has 2 aromatic rings. The summed E-state index contributed by atoms with van der Waals surface area (Å²) >= 11 is 0. The van der Waals surface area contributed by atoms with Gasteiger partial charge in [0.2, 0.25) is 5.91 Å². The molecule has 4 rings (SSSR count). The number of nitrogens with one attached hydrogen (secondary N) is 2. The average molecular weight is 331 g/mol. The lowest BCUT2D eigenvalue weighted by atomic mass is 9.96. The molecule has 0 bridgehead atoms. The molecule has 2 heterocycles. The van der Waals surface area contributed by atoms with Crippen molar-refractivity contribution in [2.45, 2.75) is 12.8 Å². The van der Waals surface area contributed by atoms with Crippen molar-refractivity contribution in [2.24, 2.45) is 5.92 Å². The van der Waals surface area contributed by atoms with Crippen molar-refractivity contribution >= 4 is 29.7 Å². The van der Waals surface area contributed by atoms with Crippen LogP contribution < -0.4 is 15.4 Å². The number of benzene rings is 2. The number of amides is 1. The molecule has 0 aromatic heterocycles. The molecule has 2 N–H and O–H groups in total. The summed E-state index contributed by atoms with van der Waals surface area (Å²) in [5, 5.41) is 6.35. The molecule has 1 atom stereocenters. The molecule has 0 saturated carbocycles. The molecule has 120 valence electrons. The highest BCUT2D eigenvalue weighted by molar-refractivity contribution is 5.93. The second-order valence-corrected chi connectivity index (χ2v) is 5.86. The Hall–Kier alpha value is -2.20. The number of ether oxygens (including phenoxy) is 1. The summed E-state index contributed by atoms with van der Waals surface area (Å²) in [5.74, 6) is 0.789. The van der Waals surface area contributed by atoms with Gasteiger partial charge in [0.1, 0.15) is 12.4 Å². The molecule has 4 nitrogen and oxygen atoms in total. The van der Waals surface area contributed by atoms with E-state index in [0.29, 0.717) is 6.61 Å². The van der Waals surface area contributed by atoms with E-state index in [1.807, 2.05) is 36.4 Å². The molecular formula is C18H19ClN2O2. The minimum absolute atomic E-state index is 0. The van der Waals surface area contributed by atoms with Crippen LogP contribution in [0.5, 0.6) is 5.75 Å². The number of hydrogen-bond donors (Lipinski definition) is 2. The second-order valence-electron chi connectivity index (χ2n) is 5.86. The quantitative estimate of drug-likeness (QED) is 0.888. The van der Waals surface area contributed by atoms with Crippen molar-refractivity contribution < 1.29 is 9.53 Å². The van der Waals surface area contributed by atoms with Crippen LogP contribution >= 0.6 is 12.4 Å². The summed E-state index contributed by atoms with van der Waals surface area (Å²) in [7, 11) is 0. The third-order valence-electron chi connectivity index (χ3n) is 4.33. The van der Waals surface area contributed by atoms with Gasteiger partial charge in [-0.25, -0.2) is 0 Å². The molecule has 1 unspecified atom stereocenters. The van der Waals surface area contributed by atoms with Crippen LogP contribution in [0.3, 0.4) is 0 Å². The van der Waals surface area contributed by atoms with E-state index in [4.69, 9.17) is 4.74 Å². The fraction of sp³-hybridized carbons (Fsp3) is 0.278. The van der Waals surface area contributed by atoms with Gasteiger partial charge >= 0.3 is 0 Å². The molecule has 0 saturated heterocycles. The zero-order valence-electron chi connectivity index (χ0n) is 12.7. The minimum atomic E-state index is -0.138. The second kappa shape index (κ2) is 6.50. The van der Waals surface area contributed by atoms with Crippen molar-refractivity contribution in [3.05, 3.63) is 53.6 Å². The molecule has 0 spiro atoms. The standard InChI is InChI=1S/C18H18N2O2.ClH/c21-18(14-9-13-3-1-2-4-17(13)22-11-14)20-15-5-6-16-12(10-15)7-8-19-16;/h1-6,10,14,19H,7-9,11H2,(H,20,21);1H. The van der Waals surface area contributed by atoms with Gasteiger partial charge in [0, 0.05) is 17.9 Å². The highest BCUT2D eigenvalue weighted by atomic mass is 35.5. The van der Waals surface area contributed by atoms with Crippen LogP contribution in [0.2, 0.25) is 0 Å². The molecule has 1 amide bonds. The summed E-state index contributed by atoms with van der Waals surface area (Å²) < 4.78 is 5.70. The summed E-state index contributed by atoms with van der Waals surface area (Å²) in [6.45, 7) is 1.41. The van der Waals surface area contributed by atoms with E-state index in [1.54, 1.807) is 0 Å². The number of fused-ring (bicyclic) bond motifs is 2. The molecule has 2 aromatic carbocycles. The highest BCUT2D eigenvalue weighted by Gasteiger charge is 2.26. The normalized spacial score (nSPS) is 17.8. The molecule has 5 heteroatoms. The zero-order chi connectivity index (χ0) is 14.9. The van der Waals surface area contributed by atoms with Crippen molar-refractivity contribution in [2.75, 3.05) is 23.8 Å². The van der Waals surface area contributed by atoms with Crippen LogP contribution in [0, 0.1) is 5.92 Å². The van der Waals surface area contributed by atoms with E-state index in [-0.39, 0.29) is 24.2 Å². The van der Waals surface area contributed by atoms with Gasteiger partial charge in [0.05, 0.1) is 5.92 Å². The van der Waals surface area contributed by atoms with Crippen LogP contribution in [-0.2, 0) is 17.6 Å². The van der Waals surface area contributed by atoms with Crippen LogP contribution in [-0.4, -0.2) is 19.1 Å². The maximum absolute atomic E-state index is 12.5. The summed E-state index contributed by atoms with van der Waals surface area (Å²) in [6.07, 6.45) is 1.74. The Morgan fingerprint density at radius 1 is 1.17 bits per heavy atom. The average Bonchev–Trinajstić information content (AvgIpc) is 3.02.